The van der Waals surface area contributed by atoms with Crippen LogP contribution in [0.25, 0.3) is 0 Å². The molecule has 0 fully saturated rings. The molecule has 5 nitrogen and oxygen atoms in total. The van der Waals surface area contributed by atoms with Gasteiger partial charge in [0.15, 0.2) is 11.5 Å². The van der Waals surface area contributed by atoms with Gasteiger partial charge in [0.05, 0.1) is 7.11 Å². The Bertz CT molecular complexity index is 930. The topological polar surface area (TPSA) is 51.7 Å². The van der Waals surface area contributed by atoms with Crippen LogP contribution in [0.15, 0.2) is 71.5 Å². The Morgan fingerprint density at radius 2 is 1.86 bits per heavy atom. The molecular weight excluding hydrogens is 420 g/mol. The van der Waals surface area contributed by atoms with Crippen molar-refractivity contribution in [1.82, 2.24) is 9.88 Å². The number of carbonyl (C=O) groups is 1. The van der Waals surface area contributed by atoms with Gasteiger partial charge in [-0.2, -0.15) is 0 Å². The Morgan fingerprint density at radius 3 is 2.54 bits per heavy atom. The maximum atomic E-state index is 12.7. The Kier molecular flexibility index (Phi) is 6.66. The summed E-state index contributed by atoms with van der Waals surface area (Å²) in [5.41, 5.74) is 2.56. The fraction of sp³-hybridized carbons (Fsp3) is 0.182. The summed E-state index contributed by atoms with van der Waals surface area (Å²) in [7, 11) is 3.33. The fourth-order valence-corrected chi connectivity index (χ4v) is 2.98. The number of hydrogen-bond donors (Lipinski definition) is 0. The number of halogens is 1. The standard InChI is InChI=1S/C22H21BrN2O3/c1-25(14-17-4-3-11-24-13-17)22(26)18-7-10-20(21(12-18)27-2)28-15-16-5-8-19(23)9-6-16/h3-13H,14-15H2,1-2H3. The van der Waals surface area contributed by atoms with Crippen molar-refractivity contribution in [3.05, 3.63) is 88.2 Å². The monoisotopic (exact) mass is 440 g/mol. The summed E-state index contributed by atoms with van der Waals surface area (Å²) < 4.78 is 12.3. The van der Waals surface area contributed by atoms with Crippen LogP contribution in [0.5, 0.6) is 11.5 Å². The molecule has 3 rings (SSSR count). The Labute approximate surface area is 173 Å². The SMILES string of the molecule is COc1cc(C(=O)N(C)Cc2cccnc2)ccc1OCc1ccc(Br)cc1. The second-order valence-electron chi connectivity index (χ2n) is 6.30. The van der Waals surface area contributed by atoms with Crippen LogP contribution in [0.3, 0.4) is 0 Å². The highest BCUT2D eigenvalue weighted by Gasteiger charge is 2.15. The number of pyridine rings is 1. The molecular formula is C22H21BrN2O3. The smallest absolute Gasteiger partial charge is 0.254 e. The van der Waals surface area contributed by atoms with E-state index in [0.717, 1.165) is 15.6 Å². The zero-order valence-electron chi connectivity index (χ0n) is 15.8. The van der Waals surface area contributed by atoms with Gasteiger partial charge in [0.1, 0.15) is 6.61 Å². The van der Waals surface area contributed by atoms with E-state index in [9.17, 15) is 4.79 Å². The maximum absolute atomic E-state index is 12.7. The lowest BCUT2D eigenvalue weighted by Gasteiger charge is -2.18. The van der Waals surface area contributed by atoms with Crippen LogP contribution in [0.4, 0.5) is 0 Å². The number of methoxy groups -OCH3 is 1. The van der Waals surface area contributed by atoms with E-state index >= 15 is 0 Å². The number of nitrogens with zero attached hydrogens (tertiary/aromatic N) is 2. The molecule has 0 spiro atoms. The molecule has 1 amide bonds. The molecule has 0 saturated carbocycles. The van der Waals surface area contributed by atoms with Gasteiger partial charge < -0.3 is 14.4 Å². The van der Waals surface area contributed by atoms with Crippen molar-refractivity contribution in [3.63, 3.8) is 0 Å². The third-order valence-corrected chi connectivity index (χ3v) is 4.74. The zero-order chi connectivity index (χ0) is 19.9. The van der Waals surface area contributed by atoms with Gasteiger partial charge >= 0.3 is 0 Å². The summed E-state index contributed by atoms with van der Waals surface area (Å²) in [5.74, 6) is 1.02. The van der Waals surface area contributed by atoms with Gasteiger partial charge in [0, 0.05) is 36.0 Å². The highest BCUT2D eigenvalue weighted by atomic mass is 79.9. The van der Waals surface area contributed by atoms with Crippen molar-refractivity contribution in [2.24, 2.45) is 0 Å². The summed E-state index contributed by atoms with van der Waals surface area (Å²) in [5, 5.41) is 0. The molecule has 1 heterocycles. The summed E-state index contributed by atoms with van der Waals surface area (Å²) in [6, 6.07) is 16.9. The number of rotatable bonds is 7. The van der Waals surface area contributed by atoms with E-state index in [1.807, 2.05) is 36.4 Å². The van der Waals surface area contributed by atoms with Gasteiger partial charge in [-0.15, -0.1) is 0 Å². The number of aromatic nitrogens is 1. The molecule has 0 atom stereocenters. The second kappa shape index (κ2) is 9.37. The first kappa shape index (κ1) is 19.9. The second-order valence-corrected chi connectivity index (χ2v) is 7.22. The van der Waals surface area contributed by atoms with E-state index in [2.05, 4.69) is 20.9 Å². The maximum Gasteiger partial charge on any atom is 0.254 e. The van der Waals surface area contributed by atoms with Crippen LogP contribution in [0.2, 0.25) is 0 Å². The van der Waals surface area contributed by atoms with Gasteiger partial charge in [0.2, 0.25) is 0 Å². The van der Waals surface area contributed by atoms with Gasteiger partial charge in [-0.05, 0) is 47.5 Å². The number of amides is 1. The summed E-state index contributed by atoms with van der Waals surface area (Å²) >= 11 is 3.42. The van der Waals surface area contributed by atoms with E-state index < -0.39 is 0 Å². The molecule has 6 heteroatoms. The van der Waals surface area contributed by atoms with Crippen LogP contribution >= 0.6 is 15.9 Å². The van der Waals surface area contributed by atoms with Crippen molar-refractivity contribution in [2.75, 3.05) is 14.2 Å². The molecule has 0 saturated heterocycles. The van der Waals surface area contributed by atoms with E-state index in [0.29, 0.717) is 30.2 Å². The molecule has 2 aromatic carbocycles. The average molecular weight is 441 g/mol. The number of benzene rings is 2. The minimum absolute atomic E-state index is 0.0957. The first-order valence-electron chi connectivity index (χ1n) is 8.76. The molecule has 0 aliphatic carbocycles. The molecule has 0 aliphatic rings. The number of ether oxygens (including phenoxy) is 2. The molecule has 0 unspecified atom stereocenters. The van der Waals surface area contributed by atoms with Crippen molar-refractivity contribution in [2.45, 2.75) is 13.2 Å². The lowest BCUT2D eigenvalue weighted by molar-refractivity contribution is 0.0784. The van der Waals surface area contributed by atoms with Crippen LogP contribution in [0, 0.1) is 0 Å². The lowest BCUT2D eigenvalue weighted by atomic mass is 10.1. The molecule has 0 N–H and O–H groups in total. The van der Waals surface area contributed by atoms with E-state index in [-0.39, 0.29) is 5.91 Å². The lowest BCUT2D eigenvalue weighted by Crippen LogP contribution is -2.26. The van der Waals surface area contributed by atoms with Crippen molar-refractivity contribution in [3.8, 4) is 11.5 Å². The van der Waals surface area contributed by atoms with Crippen LogP contribution in [-0.2, 0) is 13.2 Å². The molecule has 0 aliphatic heterocycles. The van der Waals surface area contributed by atoms with Crippen LogP contribution in [0.1, 0.15) is 21.5 Å². The predicted octanol–water partition coefficient (Wildman–Crippen LogP) is 4.70. The van der Waals surface area contributed by atoms with Gasteiger partial charge in [-0.25, -0.2) is 0 Å². The third kappa shape index (κ3) is 5.10. The molecule has 1 aromatic heterocycles. The van der Waals surface area contributed by atoms with Gasteiger partial charge in [-0.3, -0.25) is 9.78 Å². The zero-order valence-corrected chi connectivity index (χ0v) is 17.3. The summed E-state index contributed by atoms with van der Waals surface area (Å²) in [4.78, 5) is 18.5. The molecule has 0 bridgehead atoms. The van der Waals surface area contributed by atoms with E-state index in [4.69, 9.17) is 9.47 Å². The number of carbonyl (C=O) groups excluding carboxylic acids is 1. The van der Waals surface area contributed by atoms with E-state index in [1.54, 1.807) is 49.7 Å². The van der Waals surface area contributed by atoms with Gasteiger partial charge in [0.25, 0.3) is 5.91 Å². The first-order valence-corrected chi connectivity index (χ1v) is 9.56. The first-order chi connectivity index (χ1) is 13.6. The summed E-state index contributed by atoms with van der Waals surface area (Å²) in [6.07, 6.45) is 3.46. The van der Waals surface area contributed by atoms with Crippen LogP contribution < -0.4 is 9.47 Å². The van der Waals surface area contributed by atoms with Gasteiger partial charge in [-0.1, -0.05) is 34.1 Å². The third-order valence-electron chi connectivity index (χ3n) is 4.21. The van der Waals surface area contributed by atoms with Crippen molar-refractivity contribution in [1.29, 1.82) is 0 Å². The quantitative estimate of drug-likeness (QED) is 0.533. The van der Waals surface area contributed by atoms with Crippen molar-refractivity contribution < 1.29 is 14.3 Å². The highest BCUT2D eigenvalue weighted by molar-refractivity contribution is 9.10. The molecule has 144 valence electrons. The predicted molar refractivity (Wildman–Crippen MR) is 112 cm³/mol. The largest absolute Gasteiger partial charge is 0.493 e. The average Bonchev–Trinajstić information content (AvgIpc) is 2.73. The Hall–Kier alpha value is -2.86. The Morgan fingerprint density at radius 1 is 1.07 bits per heavy atom. The summed E-state index contributed by atoms with van der Waals surface area (Å²) in [6.45, 7) is 0.897. The Balaban J connectivity index is 1.69. The van der Waals surface area contributed by atoms with Crippen molar-refractivity contribution >= 4 is 21.8 Å². The molecule has 0 radical (unpaired) electrons. The number of hydrogen-bond acceptors (Lipinski definition) is 4. The molecule has 28 heavy (non-hydrogen) atoms. The fourth-order valence-electron chi connectivity index (χ4n) is 2.72. The minimum Gasteiger partial charge on any atom is -0.493 e. The van der Waals surface area contributed by atoms with E-state index in [1.165, 1.54) is 0 Å². The molecule has 3 aromatic rings. The highest BCUT2D eigenvalue weighted by Crippen LogP contribution is 2.29. The minimum atomic E-state index is -0.0957. The van der Waals surface area contributed by atoms with Crippen LogP contribution in [-0.4, -0.2) is 29.9 Å². The normalized spacial score (nSPS) is 10.4.